The molecule has 2 aromatic rings. The molecule has 1 saturated carbocycles. The van der Waals surface area contributed by atoms with Crippen LogP contribution in [0, 0.1) is 0 Å². The number of nitrogens with one attached hydrogen (secondary N) is 1. The second-order valence-corrected chi connectivity index (χ2v) is 5.49. The number of pyridine rings is 1. The summed E-state index contributed by atoms with van der Waals surface area (Å²) in [5.41, 5.74) is 5.06. The van der Waals surface area contributed by atoms with E-state index in [-0.39, 0.29) is 0 Å². The molecule has 19 heavy (non-hydrogen) atoms. The molecule has 0 spiro atoms. The van der Waals surface area contributed by atoms with Gasteiger partial charge in [0.25, 0.3) is 0 Å². The summed E-state index contributed by atoms with van der Waals surface area (Å²) >= 11 is 0. The van der Waals surface area contributed by atoms with E-state index in [4.69, 9.17) is 4.98 Å². The maximum atomic E-state index is 5.00. The van der Waals surface area contributed by atoms with Crippen molar-refractivity contribution in [3.8, 4) is 0 Å². The predicted molar refractivity (Wildman–Crippen MR) is 81.9 cm³/mol. The highest BCUT2D eigenvalue weighted by molar-refractivity contribution is 5.93. The summed E-state index contributed by atoms with van der Waals surface area (Å²) in [4.78, 5) is 5.00. The minimum absolute atomic E-state index is 0.668. The van der Waals surface area contributed by atoms with Gasteiger partial charge in [-0.2, -0.15) is 0 Å². The molecule has 100 valence electrons. The van der Waals surface area contributed by atoms with Gasteiger partial charge in [-0.3, -0.25) is 4.98 Å². The van der Waals surface area contributed by atoms with Crippen LogP contribution < -0.4 is 5.32 Å². The summed E-state index contributed by atoms with van der Waals surface area (Å²) in [7, 11) is 2.01. The summed E-state index contributed by atoms with van der Waals surface area (Å²) in [6, 6.07) is 8.77. The molecule has 1 aromatic carbocycles. The highest BCUT2D eigenvalue weighted by Gasteiger charge is 2.20. The van der Waals surface area contributed by atoms with Crippen molar-refractivity contribution < 1.29 is 0 Å². The van der Waals surface area contributed by atoms with Gasteiger partial charge in [-0.25, -0.2) is 0 Å². The fourth-order valence-corrected chi connectivity index (χ4v) is 3.25. The first-order chi connectivity index (χ1) is 9.33. The van der Waals surface area contributed by atoms with Gasteiger partial charge in [0.1, 0.15) is 0 Å². The SMILES string of the molecule is CCc1cccc2c(NC)cc(C3CCCC3)nc12. The quantitative estimate of drug-likeness (QED) is 0.872. The fraction of sp³-hybridized carbons (Fsp3) is 0.471. The van der Waals surface area contributed by atoms with Crippen molar-refractivity contribution in [2.45, 2.75) is 44.9 Å². The number of aromatic nitrogens is 1. The number of fused-ring (bicyclic) bond motifs is 1. The number of hydrogen-bond donors (Lipinski definition) is 1. The first-order valence-electron chi connectivity index (χ1n) is 7.43. The number of nitrogens with zero attached hydrogens (tertiary/aromatic N) is 1. The van der Waals surface area contributed by atoms with Crippen LogP contribution in [0.5, 0.6) is 0 Å². The lowest BCUT2D eigenvalue weighted by atomic mass is 9.99. The molecule has 1 aromatic heterocycles. The van der Waals surface area contributed by atoms with Gasteiger partial charge in [-0.15, -0.1) is 0 Å². The maximum Gasteiger partial charge on any atom is 0.0758 e. The van der Waals surface area contributed by atoms with Crippen molar-refractivity contribution in [3.63, 3.8) is 0 Å². The smallest absolute Gasteiger partial charge is 0.0758 e. The van der Waals surface area contributed by atoms with Crippen LogP contribution in [-0.4, -0.2) is 12.0 Å². The molecule has 0 saturated heterocycles. The molecule has 2 heteroatoms. The molecule has 1 aliphatic carbocycles. The molecule has 2 nitrogen and oxygen atoms in total. The highest BCUT2D eigenvalue weighted by Crippen LogP contribution is 2.36. The summed E-state index contributed by atoms with van der Waals surface area (Å²) in [5, 5.41) is 4.60. The minimum atomic E-state index is 0.668. The lowest BCUT2D eigenvalue weighted by Crippen LogP contribution is -2.01. The van der Waals surface area contributed by atoms with Crippen LogP contribution in [0.25, 0.3) is 10.9 Å². The van der Waals surface area contributed by atoms with E-state index < -0.39 is 0 Å². The molecule has 3 rings (SSSR count). The van der Waals surface area contributed by atoms with E-state index in [9.17, 15) is 0 Å². The van der Waals surface area contributed by atoms with Gasteiger partial charge >= 0.3 is 0 Å². The molecule has 0 aliphatic heterocycles. The third-order valence-electron chi connectivity index (χ3n) is 4.37. The van der Waals surface area contributed by atoms with E-state index in [0.29, 0.717) is 5.92 Å². The van der Waals surface area contributed by atoms with Crippen molar-refractivity contribution in [1.29, 1.82) is 0 Å². The molecule has 0 bridgehead atoms. The summed E-state index contributed by atoms with van der Waals surface area (Å²) in [6.07, 6.45) is 6.36. The molecule has 1 aliphatic rings. The van der Waals surface area contributed by atoms with E-state index in [1.807, 2.05) is 7.05 Å². The average molecular weight is 254 g/mol. The van der Waals surface area contributed by atoms with Gasteiger partial charge in [-0.05, 0) is 30.9 Å². The molecule has 1 heterocycles. The number of para-hydroxylation sites is 1. The fourth-order valence-electron chi connectivity index (χ4n) is 3.25. The van der Waals surface area contributed by atoms with Crippen LogP contribution in [0.4, 0.5) is 5.69 Å². The van der Waals surface area contributed by atoms with E-state index in [1.165, 1.54) is 53.5 Å². The Morgan fingerprint density at radius 3 is 2.74 bits per heavy atom. The standard InChI is InChI=1S/C17H22N2/c1-3-12-9-6-10-14-16(18-2)11-15(19-17(12)14)13-7-4-5-8-13/h6,9-11,13H,3-5,7-8H2,1-2H3,(H,18,19). The van der Waals surface area contributed by atoms with E-state index >= 15 is 0 Å². The minimum Gasteiger partial charge on any atom is -0.388 e. The van der Waals surface area contributed by atoms with Gasteiger partial charge < -0.3 is 5.32 Å². The van der Waals surface area contributed by atoms with Gasteiger partial charge in [-0.1, -0.05) is 38.0 Å². The van der Waals surface area contributed by atoms with Crippen LogP contribution >= 0.6 is 0 Å². The molecular formula is C17H22N2. The lowest BCUT2D eigenvalue weighted by molar-refractivity contribution is 0.701. The Morgan fingerprint density at radius 1 is 1.26 bits per heavy atom. The summed E-state index contributed by atoms with van der Waals surface area (Å²) in [6.45, 7) is 2.21. The van der Waals surface area contributed by atoms with Gasteiger partial charge in [0.2, 0.25) is 0 Å². The predicted octanol–water partition coefficient (Wildman–Crippen LogP) is 4.50. The number of anilines is 1. The number of hydrogen-bond acceptors (Lipinski definition) is 2. The van der Waals surface area contributed by atoms with Crippen LogP contribution in [0.3, 0.4) is 0 Å². The molecule has 0 unspecified atom stereocenters. The third-order valence-corrected chi connectivity index (χ3v) is 4.37. The Kier molecular flexibility index (Phi) is 3.41. The zero-order chi connectivity index (χ0) is 13.2. The van der Waals surface area contributed by atoms with Crippen LogP contribution in [0.15, 0.2) is 24.3 Å². The second-order valence-electron chi connectivity index (χ2n) is 5.49. The Morgan fingerprint density at radius 2 is 2.05 bits per heavy atom. The second kappa shape index (κ2) is 5.20. The Hall–Kier alpha value is -1.57. The summed E-state index contributed by atoms with van der Waals surface area (Å²) in [5.74, 6) is 0.668. The number of benzene rings is 1. The average Bonchev–Trinajstić information content (AvgIpc) is 2.99. The van der Waals surface area contributed by atoms with Crippen molar-refractivity contribution >= 4 is 16.6 Å². The molecule has 0 atom stereocenters. The molecule has 0 amide bonds. The van der Waals surface area contributed by atoms with E-state index in [1.54, 1.807) is 0 Å². The molecule has 0 radical (unpaired) electrons. The van der Waals surface area contributed by atoms with Crippen molar-refractivity contribution in [2.24, 2.45) is 0 Å². The van der Waals surface area contributed by atoms with Crippen molar-refractivity contribution in [1.82, 2.24) is 4.98 Å². The Labute approximate surface area is 115 Å². The molecular weight excluding hydrogens is 232 g/mol. The van der Waals surface area contributed by atoms with Gasteiger partial charge in [0.15, 0.2) is 0 Å². The zero-order valence-electron chi connectivity index (χ0n) is 11.9. The van der Waals surface area contributed by atoms with Crippen molar-refractivity contribution in [3.05, 3.63) is 35.5 Å². The van der Waals surface area contributed by atoms with E-state index in [2.05, 4.69) is 36.5 Å². The van der Waals surface area contributed by atoms with Crippen LogP contribution in [-0.2, 0) is 6.42 Å². The first-order valence-corrected chi connectivity index (χ1v) is 7.43. The maximum absolute atomic E-state index is 5.00. The largest absolute Gasteiger partial charge is 0.388 e. The van der Waals surface area contributed by atoms with E-state index in [0.717, 1.165) is 6.42 Å². The monoisotopic (exact) mass is 254 g/mol. The Bertz CT molecular complexity index is 583. The lowest BCUT2D eigenvalue weighted by Gasteiger charge is -2.15. The number of rotatable bonds is 3. The molecule has 1 fully saturated rings. The van der Waals surface area contributed by atoms with Crippen LogP contribution in [0.2, 0.25) is 0 Å². The third kappa shape index (κ3) is 2.20. The van der Waals surface area contributed by atoms with Crippen LogP contribution in [0.1, 0.15) is 49.8 Å². The normalized spacial score (nSPS) is 16.1. The number of aryl methyl sites for hydroxylation is 1. The van der Waals surface area contributed by atoms with Gasteiger partial charge in [0.05, 0.1) is 5.52 Å². The highest BCUT2D eigenvalue weighted by atomic mass is 14.8. The summed E-state index contributed by atoms with van der Waals surface area (Å²) < 4.78 is 0. The first kappa shape index (κ1) is 12.5. The zero-order valence-corrected chi connectivity index (χ0v) is 11.9. The molecule has 1 N–H and O–H groups in total. The van der Waals surface area contributed by atoms with Gasteiger partial charge in [0, 0.05) is 29.7 Å². The topological polar surface area (TPSA) is 24.9 Å². The Balaban J connectivity index is 2.19. The van der Waals surface area contributed by atoms with Crippen molar-refractivity contribution in [2.75, 3.05) is 12.4 Å².